The lowest BCUT2D eigenvalue weighted by atomic mass is 10.2. The molecule has 4 nitrogen and oxygen atoms in total. The van der Waals surface area contributed by atoms with Crippen LogP contribution in [0, 0.1) is 0 Å². The first kappa shape index (κ1) is 16.9. The van der Waals surface area contributed by atoms with E-state index < -0.39 is 5.91 Å². The minimum absolute atomic E-state index is 0.156. The molecule has 0 unspecified atom stereocenters. The Morgan fingerprint density at radius 2 is 1.75 bits per heavy atom. The lowest BCUT2D eigenvalue weighted by Gasteiger charge is -2.07. The summed E-state index contributed by atoms with van der Waals surface area (Å²) < 4.78 is 6.43. The summed E-state index contributed by atoms with van der Waals surface area (Å²) in [5, 5.41) is 3.69. The Balaban J connectivity index is 1.83. The molecular formula is C17H11BrCl2N2O2. The minimum Gasteiger partial charge on any atom is -0.451 e. The zero-order chi connectivity index (χ0) is 17.3. The summed E-state index contributed by atoms with van der Waals surface area (Å²) in [6.45, 7) is 0. The van der Waals surface area contributed by atoms with E-state index in [-0.39, 0.29) is 5.76 Å². The molecule has 0 aliphatic carbocycles. The second kappa shape index (κ2) is 6.89. The van der Waals surface area contributed by atoms with Gasteiger partial charge in [-0.25, -0.2) is 0 Å². The molecule has 24 heavy (non-hydrogen) atoms. The molecule has 0 saturated carbocycles. The maximum Gasteiger partial charge on any atom is 0.291 e. The van der Waals surface area contributed by atoms with E-state index in [0.29, 0.717) is 32.7 Å². The molecule has 0 spiro atoms. The van der Waals surface area contributed by atoms with E-state index in [4.69, 9.17) is 33.4 Å². The molecule has 0 bridgehead atoms. The summed E-state index contributed by atoms with van der Waals surface area (Å²) in [5.41, 5.74) is 7.52. The second-order valence-corrected chi connectivity index (χ2v) is 6.80. The lowest BCUT2D eigenvalue weighted by Crippen LogP contribution is -2.12. The summed E-state index contributed by atoms with van der Waals surface area (Å²) in [7, 11) is 0. The third kappa shape index (κ3) is 3.75. The van der Waals surface area contributed by atoms with Crippen LogP contribution in [0.1, 0.15) is 10.6 Å². The molecule has 0 aliphatic rings. The van der Waals surface area contributed by atoms with Gasteiger partial charge in [0.2, 0.25) is 0 Å². The second-order valence-electron chi connectivity index (χ2n) is 5.01. The molecular weight excluding hydrogens is 415 g/mol. The van der Waals surface area contributed by atoms with Crippen LogP contribution >= 0.6 is 39.1 Å². The Labute approximate surface area is 156 Å². The van der Waals surface area contributed by atoms with Gasteiger partial charge in [-0.15, -0.1) is 0 Å². The van der Waals surface area contributed by atoms with Gasteiger partial charge in [0.1, 0.15) is 5.76 Å². The van der Waals surface area contributed by atoms with Gasteiger partial charge in [0.05, 0.1) is 11.4 Å². The first-order chi connectivity index (χ1) is 11.4. The fourth-order valence-corrected chi connectivity index (χ4v) is 3.05. The maximum atomic E-state index is 12.3. The molecule has 0 radical (unpaired) electrons. The van der Waals surface area contributed by atoms with E-state index in [2.05, 4.69) is 21.2 Å². The Bertz CT molecular complexity index is 904. The van der Waals surface area contributed by atoms with Crippen molar-refractivity contribution in [3.8, 4) is 11.3 Å². The van der Waals surface area contributed by atoms with Crippen LogP contribution in [0.15, 0.2) is 57.4 Å². The number of carbonyl (C=O) groups excluding carboxylic acids is 1. The average molecular weight is 426 g/mol. The highest BCUT2D eigenvalue weighted by molar-refractivity contribution is 9.10. The predicted octanol–water partition coefficient (Wildman–Crippen LogP) is 5.85. The zero-order valence-electron chi connectivity index (χ0n) is 12.1. The number of nitrogens with one attached hydrogen (secondary N) is 1. The van der Waals surface area contributed by atoms with Gasteiger partial charge in [0, 0.05) is 20.1 Å². The molecule has 3 aromatic rings. The zero-order valence-corrected chi connectivity index (χ0v) is 15.2. The SMILES string of the molecule is Nc1cc(Br)ccc1NC(=O)c1ccc(-c2cc(Cl)cc(Cl)c2)o1. The Morgan fingerprint density at radius 1 is 1.04 bits per heavy atom. The van der Waals surface area contributed by atoms with Gasteiger partial charge in [-0.1, -0.05) is 39.1 Å². The van der Waals surface area contributed by atoms with Gasteiger partial charge in [-0.2, -0.15) is 0 Å². The topological polar surface area (TPSA) is 68.3 Å². The van der Waals surface area contributed by atoms with Gasteiger partial charge in [-0.05, 0) is 48.5 Å². The molecule has 3 N–H and O–H groups in total. The Kier molecular flexibility index (Phi) is 4.85. The van der Waals surface area contributed by atoms with Crippen molar-refractivity contribution in [1.82, 2.24) is 0 Å². The lowest BCUT2D eigenvalue weighted by molar-refractivity contribution is 0.0997. The Hall–Kier alpha value is -1.95. The highest BCUT2D eigenvalue weighted by Crippen LogP contribution is 2.29. The molecule has 0 fully saturated rings. The van der Waals surface area contributed by atoms with E-state index in [1.54, 1.807) is 48.5 Å². The first-order valence-corrected chi connectivity index (χ1v) is 8.40. The van der Waals surface area contributed by atoms with Crippen molar-refractivity contribution in [3.63, 3.8) is 0 Å². The van der Waals surface area contributed by atoms with Gasteiger partial charge >= 0.3 is 0 Å². The van der Waals surface area contributed by atoms with Crippen LogP contribution in [0.3, 0.4) is 0 Å². The number of benzene rings is 2. The van der Waals surface area contributed by atoms with Crippen LogP contribution in [0.2, 0.25) is 10.0 Å². The Morgan fingerprint density at radius 3 is 2.42 bits per heavy atom. The molecule has 1 heterocycles. The van der Waals surface area contributed by atoms with Crippen LogP contribution < -0.4 is 11.1 Å². The molecule has 122 valence electrons. The van der Waals surface area contributed by atoms with E-state index >= 15 is 0 Å². The highest BCUT2D eigenvalue weighted by Gasteiger charge is 2.14. The van der Waals surface area contributed by atoms with Gasteiger partial charge in [0.15, 0.2) is 5.76 Å². The van der Waals surface area contributed by atoms with Gasteiger partial charge < -0.3 is 15.5 Å². The quantitative estimate of drug-likeness (QED) is 0.517. The first-order valence-electron chi connectivity index (χ1n) is 6.85. The van der Waals surface area contributed by atoms with Crippen LogP contribution in [0.5, 0.6) is 0 Å². The smallest absolute Gasteiger partial charge is 0.291 e. The fourth-order valence-electron chi connectivity index (χ4n) is 2.14. The molecule has 0 aliphatic heterocycles. The molecule has 2 aromatic carbocycles. The highest BCUT2D eigenvalue weighted by atomic mass is 79.9. The van der Waals surface area contributed by atoms with Gasteiger partial charge in [0.25, 0.3) is 5.91 Å². The van der Waals surface area contributed by atoms with Crippen molar-refractivity contribution in [2.24, 2.45) is 0 Å². The number of rotatable bonds is 3. The van der Waals surface area contributed by atoms with E-state index in [1.807, 2.05) is 0 Å². The van der Waals surface area contributed by atoms with Crippen LogP contribution in [-0.4, -0.2) is 5.91 Å². The van der Waals surface area contributed by atoms with Crippen LogP contribution in [0.25, 0.3) is 11.3 Å². The van der Waals surface area contributed by atoms with Crippen molar-refractivity contribution in [2.45, 2.75) is 0 Å². The third-order valence-corrected chi connectivity index (χ3v) is 4.17. The van der Waals surface area contributed by atoms with E-state index in [1.165, 1.54) is 0 Å². The largest absolute Gasteiger partial charge is 0.451 e. The molecule has 7 heteroatoms. The molecule has 1 aromatic heterocycles. The number of furan rings is 1. The monoisotopic (exact) mass is 424 g/mol. The van der Waals surface area contributed by atoms with E-state index in [0.717, 1.165) is 4.47 Å². The number of hydrogen-bond acceptors (Lipinski definition) is 3. The average Bonchev–Trinajstić information content (AvgIpc) is 2.99. The number of halogens is 3. The van der Waals surface area contributed by atoms with Crippen molar-refractivity contribution >= 4 is 56.4 Å². The molecule has 3 rings (SSSR count). The summed E-state index contributed by atoms with van der Waals surface area (Å²) in [5.74, 6) is 0.250. The molecule has 1 amide bonds. The molecule has 0 atom stereocenters. The number of anilines is 2. The number of hydrogen-bond donors (Lipinski definition) is 2. The van der Waals surface area contributed by atoms with Crippen molar-refractivity contribution in [3.05, 3.63) is 68.8 Å². The number of nitrogen functional groups attached to an aromatic ring is 1. The molecule has 0 saturated heterocycles. The normalized spacial score (nSPS) is 10.6. The summed E-state index contributed by atoms with van der Waals surface area (Å²) >= 11 is 15.3. The van der Waals surface area contributed by atoms with Crippen LogP contribution in [0.4, 0.5) is 11.4 Å². The number of amides is 1. The van der Waals surface area contributed by atoms with Gasteiger partial charge in [-0.3, -0.25) is 4.79 Å². The third-order valence-electron chi connectivity index (χ3n) is 3.24. The predicted molar refractivity (Wildman–Crippen MR) is 101 cm³/mol. The fraction of sp³-hybridized carbons (Fsp3) is 0. The van der Waals surface area contributed by atoms with Crippen molar-refractivity contribution < 1.29 is 9.21 Å². The van der Waals surface area contributed by atoms with Crippen molar-refractivity contribution in [1.29, 1.82) is 0 Å². The maximum absolute atomic E-state index is 12.3. The summed E-state index contributed by atoms with van der Waals surface area (Å²) in [6, 6.07) is 13.5. The standard InChI is InChI=1S/C17H11BrCl2N2O2/c18-10-1-2-14(13(21)7-10)22-17(23)16-4-3-15(24-16)9-5-11(19)8-12(20)6-9/h1-8H,21H2,(H,22,23). The van der Waals surface area contributed by atoms with Crippen LogP contribution in [-0.2, 0) is 0 Å². The number of carbonyl (C=O) groups is 1. The summed E-state index contributed by atoms with van der Waals surface area (Å²) in [6.07, 6.45) is 0. The number of nitrogens with two attached hydrogens (primary N) is 1. The minimum atomic E-state index is -0.400. The van der Waals surface area contributed by atoms with E-state index in [9.17, 15) is 4.79 Å². The summed E-state index contributed by atoms with van der Waals surface area (Å²) in [4.78, 5) is 12.3. The van der Waals surface area contributed by atoms with Crippen molar-refractivity contribution in [2.75, 3.05) is 11.1 Å².